The second-order valence-electron chi connectivity index (χ2n) is 8.29. The molecule has 1 aliphatic carbocycles. The lowest BCUT2D eigenvalue weighted by Gasteiger charge is -2.11. The molecule has 4 rings (SSSR count). The first-order chi connectivity index (χ1) is 15.7. The normalized spacial score (nSPS) is 15.5. The predicted octanol–water partition coefficient (Wildman–Crippen LogP) is 7.29. The van der Waals surface area contributed by atoms with Crippen LogP contribution in [0.5, 0.6) is 11.5 Å². The van der Waals surface area contributed by atoms with Crippen molar-refractivity contribution in [2.24, 2.45) is 4.99 Å². The quantitative estimate of drug-likeness (QED) is 0.351. The SMILES string of the molecule is CCn1c(CCNc2ccc(Oc3ccc(Cl)cc3)cc2)csc1=NC1CCCCCC1. The summed E-state index contributed by atoms with van der Waals surface area (Å²) in [6.45, 7) is 4.08. The molecule has 0 spiro atoms. The first-order valence-electron chi connectivity index (χ1n) is 11.7. The smallest absolute Gasteiger partial charge is 0.185 e. The Hall–Kier alpha value is -2.24. The number of anilines is 1. The average molecular weight is 470 g/mol. The minimum absolute atomic E-state index is 0.508. The number of nitrogens with one attached hydrogen (secondary N) is 1. The van der Waals surface area contributed by atoms with Gasteiger partial charge < -0.3 is 14.6 Å². The fourth-order valence-corrected chi connectivity index (χ4v) is 5.36. The molecule has 0 atom stereocenters. The van der Waals surface area contributed by atoms with Crippen molar-refractivity contribution in [3.63, 3.8) is 0 Å². The van der Waals surface area contributed by atoms with Gasteiger partial charge in [-0.25, -0.2) is 0 Å². The summed E-state index contributed by atoms with van der Waals surface area (Å²) in [6.07, 6.45) is 8.86. The largest absolute Gasteiger partial charge is 0.457 e. The Morgan fingerprint density at radius 3 is 2.31 bits per heavy atom. The highest BCUT2D eigenvalue weighted by molar-refractivity contribution is 7.07. The fraction of sp³-hybridized carbons (Fsp3) is 0.423. The molecule has 1 heterocycles. The number of halogens is 1. The summed E-state index contributed by atoms with van der Waals surface area (Å²) in [4.78, 5) is 6.32. The van der Waals surface area contributed by atoms with Gasteiger partial charge in [0.1, 0.15) is 11.5 Å². The van der Waals surface area contributed by atoms with Gasteiger partial charge >= 0.3 is 0 Å². The van der Waals surface area contributed by atoms with E-state index in [9.17, 15) is 0 Å². The van der Waals surface area contributed by atoms with Crippen molar-refractivity contribution < 1.29 is 4.74 Å². The van der Waals surface area contributed by atoms with Crippen LogP contribution in [0.25, 0.3) is 0 Å². The molecule has 1 fully saturated rings. The van der Waals surface area contributed by atoms with E-state index < -0.39 is 0 Å². The summed E-state index contributed by atoms with van der Waals surface area (Å²) in [5.74, 6) is 1.59. The monoisotopic (exact) mass is 469 g/mol. The molecule has 0 unspecified atom stereocenters. The molecule has 170 valence electrons. The molecule has 0 aliphatic heterocycles. The minimum atomic E-state index is 0.508. The van der Waals surface area contributed by atoms with Gasteiger partial charge in [0.15, 0.2) is 4.80 Å². The summed E-state index contributed by atoms with van der Waals surface area (Å²) >= 11 is 7.72. The molecule has 0 radical (unpaired) electrons. The van der Waals surface area contributed by atoms with E-state index >= 15 is 0 Å². The Morgan fingerprint density at radius 1 is 1.00 bits per heavy atom. The van der Waals surface area contributed by atoms with Crippen molar-refractivity contribution in [3.05, 3.63) is 69.4 Å². The highest BCUT2D eigenvalue weighted by atomic mass is 35.5. The Labute approximate surface area is 199 Å². The molecule has 0 saturated heterocycles. The maximum atomic E-state index is 5.93. The van der Waals surface area contributed by atoms with E-state index in [-0.39, 0.29) is 0 Å². The average Bonchev–Trinajstić information content (AvgIpc) is 3.00. The number of rotatable bonds is 8. The Morgan fingerprint density at radius 2 is 1.66 bits per heavy atom. The van der Waals surface area contributed by atoms with Crippen molar-refractivity contribution >= 4 is 28.6 Å². The molecule has 2 aromatic carbocycles. The topological polar surface area (TPSA) is 38.5 Å². The zero-order valence-electron chi connectivity index (χ0n) is 18.7. The maximum absolute atomic E-state index is 5.93. The van der Waals surface area contributed by atoms with Crippen LogP contribution in [0, 0.1) is 0 Å². The van der Waals surface area contributed by atoms with Crippen molar-refractivity contribution in [2.75, 3.05) is 11.9 Å². The summed E-state index contributed by atoms with van der Waals surface area (Å²) in [6, 6.07) is 16.0. The van der Waals surface area contributed by atoms with Gasteiger partial charge in [-0.2, -0.15) is 0 Å². The minimum Gasteiger partial charge on any atom is -0.457 e. The van der Waals surface area contributed by atoms with Crippen molar-refractivity contribution in [2.45, 2.75) is 64.5 Å². The Balaban J connectivity index is 1.32. The van der Waals surface area contributed by atoms with E-state index in [4.69, 9.17) is 21.3 Å². The van der Waals surface area contributed by atoms with E-state index in [1.807, 2.05) is 36.4 Å². The number of ether oxygens (including phenoxy) is 1. The second kappa shape index (κ2) is 11.6. The number of aromatic nitrogens is 1. The van der Waals surface area contributed by atoms with Crippen LogP contribution in [0.15, 0.2) is 58.9 Å². The molecule has 1 aliphatic rings. The van der Waals surface area contributed by atoms with Gasteiger partial charge in [0, 0.05) is 41.3 Å². The van der Waals surface area contributed by atoms with Crippen LogP contribution in [-0.4, -0.2) is 17.2 Å². The van der Waals surface area contributed by atoms with Crippen LogP contribution in [0.3, 0.4) is 0 Å². The number of hydrogen-bond donors (Lipinski definition) is 1. The zero-order valence-corrected chi connectivity index (χ0v) is 20.3. The van der Waals surface area contributed by atoms with Crippen LogP contribution in [0.4, 0.5) is 5.69 Å². The third-order valence-electron chi connectivity index (χ3n) is 5.93. The zero-order chi connectivity index (χ0) is 22.2. The van der Waals surface area contributed by atoms with E-state index in [1.165, 1.54) is 49.0 Å². The van der Waals surface area contributed by atoms with Crippen LogP contribution < -0.4 is 14.9 Å². The van der Waals surface area contributed by atoms with Crippen LogP contribution in [-0.2, 0) is 13.0 Å². The molecule has 1 aromatic heterocycles. The first kappa shape index (κ1) is 22.9. The molecular formula is C26H32ClN3OS. The molecule has 6 heteroatoms. The lowest BCUT2D eigenvalue weighted by atomic mass is 10.1. The summed E-state index contributed by atoms with van der Waals surface area (Å²) in [5.41, 5.74) is 2.45. The van der Waals surface area contributed by atoms with E-state index in [0.29, 0.717) is 11.1 Å². The van der Waals surface area contributed by atoms with Gasteiger partial charge in [-0.3, -0.25) is 4.99 Å². The highest BCUT2D eigenvalue weighted by Gasteiger charge is 2.12. The lowest BCUT2D eigenvalue weighted by Crippen LogP contribution is -2.21. The molecule has 0 amide bonds. The van der Waals surface area contributed by atoms with Crippen LogP contribution >= 0.6 is 22.9 Å². The van der Waals surface area contributed by atoms with Gasteiger partial charge in [-0.05, 0) is 68.3 Å². The maximum Gasteiger partial charge on any atom is 0.185 e. The third-order valence-corrected chi connectivity index (χ3v) is 7.10. The number of nitrogens with zero attached hydrogens (tertiary/aromatic N) is 2. The van der Waals surface area contributed by atoms with Gasteiger partial charge in [0.25, 0.3) is 0 Å². The summed E-state index contributed by atoms with van der Waals surface area (Å²) in [7, 11) is 0. The Bertz CT molecular complexity index is 1030. The van der Waals surface area contributed by atoms with Crippen molar-refractivity contribution in [3.8, 4) is 11.5 Å². The molecule has 1 N–H and O–H groups in total. The van der Waals surface area contributed by atoms with E-state index in [1.54, 1.807) is 11.3 Å². The molecular weight excluding hydrogens is 438 g/mol. The standard InChI is InChI=1S/C26H32ClN3OS/c1-2-30-23(19-32-26(30)29-22-7-5-3-4-6-8-22)17-18-28-21-11-15-25(16-12-21)31-24-13-9-20(27)10-14-24/h9-16,19,22,28H,2-8,17-18H2,1H3. The summed E-state index contributed by atoms with van der Waals surface area (Å²) < 4.78 is 8.26. The molecule has 4 nitrogen and oxygen atoms in total. The highest BCUT2D eigenvalue weighted by Crippen LogP contribution is 2.24. The number of hydrogen-bond acceptors (Lipinski definition) is 4. The Kier molecular flexibility index (Phi) is 8.30. The van der Waals surface area contributed by atoms with Crippen LogP contribution in [0.1, 0.15) is 51.1 Å². The van der Waals surface area contributed by atoms with Gasteiger partial charge in [0.2, 0.25) is 0 Å². The molecule has 32 heavy (non-hydrogen) atoms. The lowest BCUT2D eigenvalue weighted by molar-refractivity contribution is 0.483. The predicted molar refractivity (Wildman–Crippen MR) is 135 cm³/mol. The van der Waals surface area contributed by atoms with E-state index in [0.717, 1.165) is 36.7 Å². The van der Waals surface area contributed by atoms with Gasteiger partial charge in [-0.1, -0.05) is 37.3 Å². The van der Waals surface area contributed by atoms with Gasteiger partial charge in [0.05, 0.1) is 6.04 Å². The molecule has 1 saturated carbocycles. The van der Waals surface area contributed by atoms with Gasteiger partial charge in [-0.15, -0.1) is 11.3 Å². The first-order valence-corrected chi connectivity index (χ1v) is 13.0. The van der Waals surface area contributed by atoms with Crippen molar-refractivity contribution in [1.82, 2.24) is 4.57 Å². The number of benzene rings is 2. The van der Waals surface area contributed by atoms with Crippen LogP contribution in [0.2, 0.25) is 5.02 Å². The fourth-order valence-electron chi connectivity index (χ4n) is 4.16. The molecule has 0 bridgehead atoms. The summed E-state index contributed by atoms with van der Waals surface area (Å²) in [5, 5.41) is 6.52. The molecule has 3 aromatic rings. The van der Waals surface area contributed by atoms with E-state index in [2.05, 4.69) is 34.3 Å². The van der Waals surface area contributed by atoms with Crippen molar-refractivity contribution in [1.29, 1.82) is 0 Å². The number of thiazole rings is 1. The third kappa shape index (κ3) is 6.39. The second-order valence-corrected chi connectivity index (χ2v) is 9.56.